The molecule has 0 radical (unpaired) electrons. The van der Waals surface area contributed by atoms with Crippen LogP contribution in [-0.4, -0.2) is 52.9 Å². The standard InChI is InChI=1S/C16H25NO8.K/c1-14(2,3)24-12(21)17(13(22)25-15(4,5)6)16(11(20)23-7)8-9(16)10(18)19;/h9H,8H2,1-7H3,(H,18,19);/q;+1/p-1/t9-,16?;/m1./s1. The van der Waals surface area contributed by atoms with E-state index in [1.807, 2.05) is 0 Å². The Morgan fingerprint density at radius 2 is 1.35 bits per heavy atom. The number of hydrogen-bond donors (Lipinski definition) is 0. The SMILES string of the molecule is COC(=O)C1(N(C(=O)OC(C)(C)C)C(=O)OC(C)(C)C)C[C@@H]1C(=O)[O-].[K+]. The average molecular weight is 397 g/mol. The van der Waals surface area contributed by atoms with Gasteiger partial charge in [-0.15, -0.1) is 0 Å². The number of nitrogens with zero attached hydrogens (tertiary/aromatic N) is 1. The molecule has 1 saturated carbocycles. The zero-order valence-corrected chi connectivity index (χ0v) is 19.6. The maximum absolute atomic E-state index is 12.5. The predicted octanol–water partition coefficient (Wildman–Crippen LogP) is -2.16. The number of hydrogen-bond acceptors (Lipinski definition) is 8. The van der Waals surface area contributed by atoms with E-state index >= 15 is 0 Å². The van der Waals surface area contributed by atoms with Crippen molar-refractivity contribution in [2.45, 2.75) is 64.7 Å². The molecule has 1 aliphatic rings. The molecule has 0 N–H and O–H groups in total. The quantitative estimate of drug-likeness (QED) is 0.300. The van der Waals surface area contributed by atoms with Gasteiger partial charge in [0, 0.05) is 11.9 Å². The maximum atomic E-state index is 12.5. The summed E-state index contributed by atoms with van der Waals surface area (Å²) in [5.74, 6) is -4.04. The summed E-state index contributed by atoms with van der Waals surface area (Å²) < 4.78 is 14.9. The number of aliphatic carboxylic acids is 1. The number of carbonyl (C=O) groups excluding carboxylic acids is 4. The second-order valence-corrected chi connectivity index (χ2v) is 7.79. The van der Waals surface area contributed by atoms with E-state index in [1.54, 1.807) is 41.5 Å². The van der Waals surface area contributed by atoms with E-state index in [4.69, 9.17) is 9.47 Å². The van der Waals surface area contributed by atoms with Crippen molar-refractivity contribution in [3.63, 3.8) is 0 Å². The molecule has 9 nitrogen and oxygen atoms in total. The number of carboxylic acid groups (broad SMARTS) is 1. The first-order chi connectivity index (χ1) is 11.2. The summed E-state index contributed by atoms with van der Waals surface area (Å²) in [6, 6.07) is 0. The molecule has 10 heteroatoms. The molecule has 2 amide bonds. The first-order valence-electron chi connectivity index (χ1n) is 7.71. The number of ether oxygens (including phenoxy) is 3. The molecule has 0 bridgehead atoms. The van der Waals surface area contributed by atoms with Crippen LogP contribution in [0.4, 0.5) is 9.59 Å². The van der Waals surface area contributed by atoms with Crippen LogP contribution in [-0.2, 0) is 23.8 Å². The van der Waals surface area contributed by atoms with Gasteiger partial charge in [0.15, 0.2) is 5.54 Å². The van der Waals surface area contributed by atoms with Gasteiger partial charge in [-0.25, -0.2) is 14.4 Å². The van der Waals surface area contributed by atoms with Crippen LogP contribution in [0.1, 0.15) is 48.0 Å². The van der Waals surface area contributed by atoms with Crippen LogP contribution >= 0.6 is 0 Å². The largest absolute Gasteiger partial charge is 1.00 e. The number of methoxy groups -OCH3 is 1. The fraction of sp³-hybridized carbons (Fsp3) is 0.750. The number of rotatable bonds is 3. The molecule has 1 aliphatic carbocycles. The van der Waals surface area contributed by atoms with Gasteiger partial charge >= 0.3 is 69.5 Å². The van der Waals surface area contributed by atoms with Crippen LogP contribution < -0.4 is 56.5 Å². The zero-order valence-electron chi connectivity index (χ0n) is 16.5. The van der Waals surface area contributed by atoms with E-state index in [0.29, 0.717) is 4.90 Å². The molecule has 0 aromatic heterocycles. The molecular weight excluding hydrogens is 373 g/mol. The van der Waals surface area contributed by atoms with Crippen molar-refractivity contribution in [2.24, 2.45) is 5.92 Å². The van der Waals surface area contributed by atoms with Crippen LogP contribution in [0.15, 0.2) is 0 Å². The summed E-state index contributed by atoms with van der Waals surface area (Å²) in [7, 11) is 1.02. The van der Waals surface area contributed by atoms with E-state index in [0.717, 1.165) is 7.11 Å². The van der Waals surface area contributed by atoms with Crippen LogP contribution in [0.25, 0.3) is 0 Å². The minimum atomic E-state index is -2.04. The number of carboxylic acids is 1. The summed E-state index contributed by atoms with van der Waals surface area (Å²) in [5, 5.41) is 11.3. The Balaban J connectivity index is 0.00000625. The Hall–Kier alpha value is -0.684. The second kappa shape index (κ2) is 8.55. The Morgan fingerprint density at radius 1 is 0.962 bits per heavy atom. The fourth-order valence-corrected chi connectivity index (χ4v) is 2.29. The van der Waals surface area contributed by atoms with Gasteiger partial charge in [0.25, 0.3) is 0 Å². The van der Waals surface area contributed by atoms with Crippen molar-refractivity contribution in [2.75, 3.05) is 7.11 Å². The van der Waals surface area contributed by atoms with Crippen molar-refractivity contribution in [3.8, 4) is 0 Å². The third-order valence-corrected chi connectivity index (χ3v) is 3.31. The van der Waals surface area contributed by atoms with E-state index in [2.05, 4.69) is 4.74 Å². The Bertz CT molecular complexity index is 564. The molecule has 0 heterocycles. The smallest absolute Gasteiger partial charge is 0.550 e. The molecule has 0 aliphatic heterocycles. The summed E-state index contributed by atoms with van der Waals surface area (Å²) in [6.07, 6.45) is -2.73. The molecule has 26 heavy (non-hydrogen) atoms. The summed E-state index contributed by atoms with van der Waals surface area (Å²) in [6.45, 7) is 9.37. The van der Waals surface area contributed by atoms with Crippen molar-refractivity contribution < 1.29 is 89.9 Å². The minimum absolute atomic E-state index is 0. The van der Waals surface area contributed by atoms with Gasteiger partial charge in [-0.2, -0.15) is 4.90 Å². The van der Waals surface area contributed by atoms with Gasteiger partial charge in [-0.1, -0.05) is 0 Å². The Morgan fingerprint density at radius 3 is 1.58 bits per heavy atom. The van der Waals surface area contributed by atoms with E-state index in [9.17, 15) is 24.3 Å². The first kappa shape index (κ1) is 25.3. The molecule has 0 aromatic carbocycles. The van der Waals surface area contributed by atoms with Gasteiger partial charge < -0.3 is 24.1 Å². The minimum Gasteiger partial charge on any atom is -0.550 e. The van der Waals surface area contributed by atoms with Crippen molar-refractivity contribution in [1.82, 2.24) is 4.90 Å². The third kappa shape index (κ3) is 5.91. The summed E-state index contributed by atoms with van der Waals surface area (Å²) in [4.78, 5) is 49.0. The second-order valence-electron chi connectivity index (χ2n) is 7.79. The molecule has 1 fully saturated rings. The molecule has 0 saturated heterocycles. The maximum Gasteiger partial charge on any atom is 1.00 e. The molecule has 1 rings (SSSR count). The van der Waals surface area contributed by atoms with Gasteiger partial charge in [-0.05, 0) is 48.0 Å². The van der Waals surface area contributed by atoms with Crippen LogP contribution in [0.2, 0.25) is 0 Å². The molecule has 142 valence electrons. The predicted molar refractivity (Wildman–Crippen MR) is 82.2 cm³/mol. The van der Waals surface area contributed by atoms with Crippen molar-refractivity contribution in [3.05, 3.63) is 0 Å². The number of carbonyl (C=O) groups is 4. The number of esters is 1. The van der Waals surface area contributed by atoms with Crippen molar-refractivity contribution in [1.29, 1.82) is 0 Å². The van der Waals surface area contributed by atoms with E-state index in [1.165, 1.54) is 0 Å². The molecule has 1 unspecified atom stereocenters. The van der Waals surface area contributed by atoms with Gasteiger partial charge in [0.05, 0.1) is 7.11 Å². The zero-order chi connectivity index (χ0) is 19.8. The van der Waals surface area contributed by atoms with Crippen LogP contribution in [0, 0.1) is 5.92 Å². The van der Waals surface area contributed by atoms with Gasteiger partial charge in [-0.3, -0.25) is 0 Å². The van der Waals surface area contributed by atoms with Crippen LogP contribution in [0.5, 0.6) is 0 Å². The van der Waals surface area contributed by atoms with Gasteiger partial charge in [0.2, 0.25) is 0 Å². The molecule has 0 aromatic rings. The average Bonchev–Trinajstić information content (AvgIpc) is 3.10. The molecule has 0 spiro atoms. The molecule has 2 atom stereocenters. The fourth-order valence-electron chi connectivity index (χ4n) is 2.29. The van der Waals surface area contributed by atoms with E-state index < -0.39 is 46.8 Å². The summed E-state index contributed by atoms with van der Waals surface area (Å²) in [5.41, 5.74) is -4.01. The topological polar surface area (TPSA) is 122 Å². The third-order valence-electron chi connectivity index (χ3n) is 3.31. The molecular formula is C16H24KNO8. The van der Waals surface area contributed by atoms with Gasteiger partial charge in [0.1, 0.15) is 11.2 Å². The monoisotopic (exact) mass is 397 g/mol. The Labute approximate surface area is 195 Å². The number of imide groups is 1. The normalized spacial score (nSPS) is 21.7. The van der Waals surface area contributed by atoms with E-state index in [-0.39, 0.29) is 57.8 Å². The Kier molecular flexibility index (Phi) is 8.33. The summed E-state index contributed by atoms with van der Waals surface area (Å²) >= 11 is 0. The van der Waals surface area contributed by atoms with Crippen LogP contribution in [0.3, 0.4) is 0 Å². The number of amides is 2. The first-order valence-corrected chi connectivity index (χ1v) is 7.71. The van der Waals surface area contributed by atoms with Crippen molar-refractivity contribution >= 4 is 24.1 Å².